The summed E-state index contributed by atoms with van der Waals surface area (Å²) in [5.74, 6) is -0.322. The molecule has 0 unspecified atom stereocenters. The van der Waals surface area contributed by atoms with Crippen molar-refractivity contribution in [2.75, 3.05) is 0 Å². The van der Waals surface area contributed by atoms with E-state index in [0.717, 1.165) is 49.7 Å². The van der Waals surface area contributed by atoms with Gasteiger partial charge in [0.2, 0.25) is 0 Å². The van der Waals surface area contributed by atoms with Gasteiger partial charge in [-0.25, -0.2) is 19.6 Å². The number of carbonyl (C=O) groups is 2. The van der Waals surface area contributed by atoms with Gasteiger partial charge in [-0.3, -0.25) is 0 Å². The molecule has 0 saturated carbocycles. The number of benzene rings is 7. The molecule has 0 bridgehead atoms. The average molecular weight is 923 g/mol. The number of carboxylic acids is 2. The van der Waals surface area contributed by atoms with E-state index in [4.69, 9.17) is 33.0 Å². The smallest absolute Gasteiger partial charge is 0.336 e. The maximum atomic E-state index is 13.3. The van der Waals surface area contributed by atoms with Crippen LogP contribution >= 0.6 is 0 Å². The average Bonchev–Trinajstić information content (AvgIpc) is 3.92. The van der Waals surface area contributed by atoms with E-state index in [1.807, 2.05) is 141 Å². The van der Waals surface area contributed by atoms with Gasteiger partial charge in [-0.2, -0.15) is 0 Å². The zero-order valence-electron chi connectivity index (χ0n) is 37.9. The van der Waals surface area contributed by atoms with Gasteiger partial charge in [0, 0.05) is 21.9 Å². The highest BCUT2D eigenvalue weighted by molar-refractivity contribution is 6.11. The van der Waals surface area contributed by atoms with Gasteiger partial charge in [-0.15, -0.1) is 0 Å². The molecule has 7 aromatic carbocycles. The number of carboxylic acid groups (broad SMARTS) is 2. The van der Waals surface area contributed by atoms with Crippen molar-refractivity contribution < 1.29 is 42.8 Å². The van der Waals surface area contributed by atoms with Crippen LogP contribution in [0.4, 0.5) is 0 Å². The van der Waals surface area contributed by atoms with Crippen molar-refractivity contribution >= 4 is 55.7 Å². The summed E-state index contributed by atoms with van der Waals surface area (Å²) in [7, 11) is 0. The van der Waals surface area contributed by atoms with E-state index in [1.165, 1.54) is 12.1 Å². The molecule has 2 N–H and O–H groups in total. The second-order valence-electron chi connectivity index (χ2n) is 16.9. The first-order valence-electron chi connectivity index (χ1n) is 22.6. The Morgan fingerprint density at radius 1 is 0.457 bits per heavy atom. The molecule has 0 spiro atoms. The first-order chi connectivity index (χ1) is 34.2. The Kier molecular flexibility index (Phi) is 11.2. The van der Waals surface area contributed by atoms with E-state index in [-0.39, 0.29) is 30.9 Å². The molecule has 11 rings (SSSR count). The van der Waals surface area contributed by atoms with Crippen LogP contribution in [-0.2, 0) is 19.8 Å². The summed E-state index contributed by atoms with van der Waals surface area (Å²) in [4.78, 5) is 36.3. The first kappa shape index (κ1) is 43.4. The van der Waals surface area contributed by atoms with Crippen LogP contribution in [0, 0.1) is 13.8 Å². The third-order valence-electron chi connectivity index (χ3n) is 12.5. The molecule has 0 atom stereocenters. The molecule has 11 heteroatoms. The molecule has 0 aliphatic carbocycles. The molecule has 0 aliphatic rings. The van der Waals surface area contributed by atoms with Gasteiger partial charge in [0.15, 0.2) is 11.5 Å². The van der Waals surface area contributed by atoms with Crippen molar-refractivity contribution in [1.29, 1.82) is 0 Å². The molecule has 342 valence electrons. The summed E-state index contributed by atoms with van der Waals surface area (Å²) in [6, 6.07) is 52.5. The molecule has 70 heavy (non-hydrogen) atoms. The van der Waals surface area contributed by atoms with E-state index < -0.39 is 11.9 Å². The van der Waals surface area contributed by atoms with Crippen LogP contribution in [0.1, 0.15) is 48.5 Å². The quantitative estimate of drug-likeness (QED) is 0.107. The number of rotatable bonds is 14. The van der Waals surface area contributed by atoms with Gasteiger partial charge >= 0.3 is 11.9 Å². The number of fused-ring (bicyclic) bond motifs is 4. The van der Waals surface area contributed by atoms with Gasteiger partial charge in [0.05, 0.1) is 27.4 Å². The van der Waals surface area contributed by atoms with E-state index in [1.54, 1.807) is 30.3 Å². The van der Waals surface area contributed by atoms with E-state index >= 15 is 0 Å². The summed E-state index contributed by atoms with van der Waals surface area (Å²) in [5.41, 5.74) is 8.58. The van der Waals surface area contributed by atoms with Gasteiger partial charge in [-0.05, 0) is 90.2 Å². The summed E-state index contributed by atoms with van der Waals surface area (Å²) in [6.07, 6.45) is 0. The molecule has 0 amide bonds. The molecule has 11 aromatic rings. The van der Waals surface area contributed by atoms with Gasteiger partial charge in [0.1, 0.15) is 65.1 Å². The first-order valence-corrected chi connectivity index (χ1v) is 22.6. The van der Waals surface area contributed by atoms with Crippen LogP contribution in [-0.4, -0.2) is 32.1 Å². The second-order valence-corrected chi connectivity index (χ2v) is 16.9. The lowest BCUT2D eigenvalue weighted by Crippen LogP contribution is -2.05. The number of furan rings is 2. The number of ether oxygens (including phenoxy) is 3. The highest BCUT2D eigenvalue weighted by Crippen LogP contribution is 2.45. The fourth-order valence-electron chi connectivity index (χ4n) is 9.22. The van der Waals surface area contributed by atoms with Crippen LogP contribution in [0.3, 0.4) is 0 Å². The van der Waals surface area contributed by atoms with Crippen molar-refractivity contribution in [3.8, 4) is 51.3 Å². The zero-order chi connectivity index (χ0) is 47.9. The lowest BCUT2D eigenvalue weighted by atomic mass is 9.94. The maximum absolute atomic E-state index is 13.3. The summed E-state index contributed by atoms with van der Waals surface area (Å²) in [5, 5.41) is 23.7. The fourth-order valence-corrected chi connectivity index (χ4v) is 9.22. The van der Waals surface area contributed by atoms with Crippen LogP contribution in [0.25, 0.3) is 77.8 Å². The minimum atomic E-state index is -1.17. The Bertz CT molecular complexity index is 3810. The number of hydrogen-bond donors (Lipinski definition) is 2. The third-order valence-corrected chi connectivity index (χ3v) is 12.5. The molecule has 4 heterocycles. The van der Waals surface area contributed by atoms with E-state index in [2.05, 4.69) is 0 Å². The van der Waals surface area contributed by atoms with Crippen molar-refractivity contribution in [3.63, 3.8) is 0 Å². The highest BCUT2D eigenvalue weighted by Gasteiger charge is 2.27. The fraction of sp³-hybridized carbons (Fsp3) is 0.0847. The maximum Gasteiger partial charge on any atom is 0.336 e. The van der Waals surface area contributed by atoms with Crippen LogP contribution < -0.4 is 14.2 Å². The van der Waals surface area contributed by atoms with Crippen molar-refractivity contribution in [1.82, 2.24) is 9.97 Å². The number of nitrogens with zero attached hydrogens (tertiary/aromatic N) is 2. The topological polar surface area (TPSA) is 154 Å². The zero-order valence-corrected chi connectivity index (χ0v) is 37.9. The molecule has 11 nitrogen and oxygen atoms in total. The normalized spacial score (nSPS) is 11.4. The van der Waals surface area contributed by atoms with Gasteiger partial charge in [0.25, 0.3) is 0 Å². The molecule has 4 aromatic heterocycles. The molecular weight excluding hydrogens is 881 g/mol. The summed E-state index contributed by atoms with van der Waals surface area (Å²) >= 11 is 0. The van der Waals surface area contributed by atoms with E-state index in [9.17, 15) is 19.8 Å². The van der Waals surface area contributed by atoms with E-state index in [0.29, 0.717) is 73.1 Å². The van der Waals surface area contributed by atoms with Crippen molar-refractivity contribution in [3.05, 3.63) is 209 Å². The lowest BCUT2D eigenvalue weighted by Gasteiger charge is -2.16. The molecule has 0 radical (unpaired) electrons. The number of aromatic nitrogens is 2. The predicted octanol–water partition coefficient (Wildman–Crippen LogP) is 14.0. The van der Waals surface area contributed by atoms with Crippen LogP contribution in [0.15, 0.2) is 179 Å². The Hall–Kier alpha value is -9.22. The SMILES string of the molecule is Cc1c(-c2cc(C(=O)O)c3c(OCc4ccccc4)cccc3n2)oc2cccc(-c3cccc4oc(-c5cc(C(=O)O)c6c(OCc7ccccc7)ccc(OCc7ccccc7)c6n5)c(C)c34)c12. The Morgan fingerprint density at radius 3 is 1.39 bits per heavy atom. The molecule has 0 fully saturated rings. The molecular formula is C59H42N2O9. The Morgan fingerprint density at radius 2 is 0.886 bits per heavy atom. The summed E-state index contributed by atoms with van der Waals surface area (Å²) in [6.45, 7) is 4.57. The minimum Gasteiger partial charge on any atom is -0.488 e. The number of hydrogen-bond acceptors (Lipinski definition) is 9. The number of aromatic carboxylic acids is 2. The van der Waals surface area contributed by atoms with Gasteiger partial charge < -0.3 is 33.3 Å². The lowest BCUT2D eigenvalue weighted by molar-refractivity contribution is 0.0688. The third kappa shape index (κ3) is 7.98. The minimum absolute atomic E-state index is 0.0242. The standard InChI is InChI=1S/C59H42N2O9/c1-34-51-39(21-12-25-48(51)69-56(34)44-29-41(58(62)63)53-43(60-44)23-14-24-46(53)66-31-36-15-6-3-7-16-36)40-22-13-26-49-52(40)35(2)57(70-49)45-30-42(59(64)65)54-47(67-32-37-17-8-4-9-18-37)27-28-50(55(54)61-45)68-33-38-19-10-5-11-20-38/h3-30H,31-33H2,1-2H3,(H,62,63)(H,64,65). The van der Waals surface area contributed by atoms with Crippen LogP contribution in [0.2, 0.25) is 0 Å². The Balaban J connectivity index is 1.02. The van der Waals surface area contributed by atoms with Crippen molar-refractivity contribution in [2.45, 2.75) is 33.7 Å². The highest BCUT2D eigenvalue weighted by atomic mass is 16.5. The monoisotopic (exact) mass is 922 g/mol. The number of pyridine rings is 2. The largest absolute Gasteiger partial charge is 0.488 e. The van der Waals surface area contributed by atoms with Gasteiger partial charge in [-0.1, -0.05) is 121 Å². The predicted molar refractivity (Wildman–Crippen MR) is 269 cm³/mol. The molecule has 0 saturated heterocycles. The number of aryl methyl sites for hydroxylation is 2. The van der Waals surface area contributed by atoms with Crippen molar-refractivity contribution in [2.24, 2.45) is 0 Å². The van der Waals surface area contributed by atoms with Crippen LogP contribution in [0.5, 0.6) is 17.2 Å². The summed E-state index contributed by atoms with van der Waals surface area (Å²) < 4.78 is 32.1. The Labute approximate surface area is 400 Å². The second kappa shape index (κ2) is 18.1. The molecule has 0 aliphatic heterocycles.